The van der Waals surface area contributed by atoms with Crippen molar-refractivity contribution in [2.45, 2.75) is 6.92 Å². The van der Waals surface area contributed by atoms with Gasteiger partial charge in [-0.05, 0) is 30.2 Å². The lowest BCUT2D eigenvalue weighted by molar-refractivity contribution is 1.44. The molecule has 0 atom stereocenters. The molecule has 0 aliphatic rings. The Kier molecular flexibility index (Phi) is 2.99. The van der Waals surface area contributed by atoms with E-state index in [1.165, 1.54) is 11.1 Å². The van der Waals surface area contributed by atoms with Crippen molar-refractivity contribution in [3.63, 3.8) is 0 Å². The van der Waals surface area contributed by atoms with Crippen LogP contribution in [-0.2, 0) is 0 Å². The molecule has 0 aliphatic carbocycles. The second-order valence-corrected chi connectivity index (χ2v) is 3.57. The molecular formula is C15H13. The van der Waals surface area contributed by atoms with Crippen LogP contribution in [0.15, 0.2) is 54.6 Å². The van der Waals surface area contributed by atoms with Crippen molar-refractivity contribution < 1.29 is 0 Å². The van der Waals surface area contributed by atoms with Crippen molar-refractivity contribution in [1.29, 1.82) is 0 Å². The Morgan fingerprint density at radius 3 is 2.20 bits per heavy atom. The maximum absolute atomic E-state index is 3.26. The third-order valence-electron chi connectivity index (χ3n) is 2.26. The monoisotopic (exact) mass is 193 g/mol. The molecule has 0 N–H and O–H groups in total. The molecule has 0 nitrogen and oxygen atoms in total. The maximum Gasteiger partial charge on any atom is -0.00992 e. The van der Waals surface area contributed by atoms with Crippen LogP contribution in [0.4, 0.5) is 0 Å². The number of aryl methyl sites for hydroxylation is 1. The fraction of sp³-hybridized carbons (Fsp3) is 0.0667. The van der Waals surface area contributed by atoms with Crippen LogP contribution in [0.1, 0.15) is 16.7 Å². The van der Waals surface area contributed by atoms with Crippen molar-refractivity contribution in [2.24, 2.45) is 0 Å². The maximum atomic E-state index is 3.26. The molecule has 2 aromatic rings. The van der Waals surface area contributed by atoms with Gasteiger partial charge in [0.05, 0.1) is 0 Å². The van der Waals surface area contributed by atoms with Gasteiger partial charge in [0.15, 0.2) is 0 Å². The Hall–Kier alpha value is -1.82. The third-order valence-corrected chi connectivity index (χ3v) is 2.26. The Morgan fingerprint density at radius 1 is 0.867 bits per heavy atom. The van der Waals surface area contributed by atoms with Crippen molar-refractivity contribution >= 4 is 6.08 Å². The topological polar surface area (TPSA) is 0 Å². The molecule has 0 fully saturated rings. The Morgan fingerprint density at radius 2 is 1.53 bits per heavy atom. The largest absolute Gasteiger partial charge is 0.0622 e. The van der Waals surface area contributed by atoms with E-state index < -0.39 is 0 Å². The minimum absolute atomic E-state index is 1.12. The highest BCUT2D eigenvalue weighted by molar-refractivity contribution is 5.50. The van der Waals surface area contributed by atoms with Crippen LogP contribution in [0.25, 0.3) is 6.08 Å². The quantitative estimate of drug-likeness (QED) is 0.635. The molecular weight excluding hydrogens is 180 g/mol. The van der Waals surface area contributed by atoms with Gasteiger partial charge in [0, 0.05) is 0 Å². The molecule has 0 amide bonds. The fourth-order valence-electron chi connectivity index (χ4n) is 1.37. The van der Waals surface area contributed by atoms with Crippen LogP contribution < -0.4 is 0 Å². The molecule has 2 rings (SSSR count). The van der Waals surface area contributed by atoms with Crippen LogP contribution in [0, 0.1) is 13.0 Å². The molecule has 0 aliphatic heterocycles. The van der Waals surface area contributed by atoms with Crippen LogP contribution in [0.5, 0.6) is 0 Å². The average Bonchev–Trinajstić information content (AvgIpc) is 2.30. The summed E-state index contributed by atoms with van der Waals surface area (Å²) in [6.45, 7) is 2.09. The molecule has 0 saturated heterocycles. The summed E-state index contributed by atoms with van der Waals surface area (Å²) in [5, 5.41) is 0. The van der Waals surface area contributed by atoms with Gasteiger partial charge in [-0.15, -0.1) is 0 Å². The first kappa shape index (κ1) is 9.72. The highest BCUT2D eigenvalue weighted by Gasteiger charge is 1.87. The number of hydrogen-bond donors (Lipinski definition) is 0. The van der Waals surface area contributed by atoms with Gasteiger partial charge < -0.3 is 0 Å². The van der Waals surface area contributed by atoms with Crippen molar-refractivity contribution in [3.05, 3.63) is 77.4 Å². The molecule has 0 saturated carbocycles. The van der Waals surface area contributed by atoms with Gasteiger partial charge >= 0.3 is 0 Å². The summed E-state index contributed by atoms with van der Waals surface area (Å²) in [4.78, 5) is 0. The Bertz CT molecular complexity index is 435. The van der Waals surface area contributed by atoms with E-state index in [1.807, 2.05) is 24.3 Å². The van der Waals surface area contributed by atoms with Gasteiger partial charge in [0.25, 0.3) is 0 Å². The second-order valence-electron chi connectivity index (χ2n) is 3.57. The highest BCUT2D eigenvalue weighted by atomic mass is 13.9. The van der Waals surface area contributed by atoms with Crippen LogP contribution in [0.3, 0.4) is 0 Å². The lowest BCUT2D eigenvalue weighted by atomic mass is 10.1. The number of benzene rings is 2. The van der Waals surface area contributed by atoms with E-state index in [-0.39, 0.29) is 0 Å². The van der Waals surface area contributed by atoms with Gasteiger partial charge in [0.1, 0.15) is 0 Å². The van der Waals surface area contributed by atoms with Crippen molar-refractivity contribution in [1.82, 2.24) is 0 Å². The molecule has 2 aromatic carbocycles. The SMILES string of the molecule is Cc1ccc([C]=Cc2ccccc2)cc1. The lowest BCUT2D eigenvalue weighted by Gasteiger charge is -1.94. The van der Waals surface area contributed by atoms with Gasteiger partial charge in [-0.1, -0.05) is 60.2 Å². The summed E-state index contributed by atoms with van der Waals surface area (Å²) >= 11 is 0. The third kappa shape index (κ3) is 2.81. The normalized spacial score (nSPS) is 10.7. The minimum Gasteiger partial charge on any atom is -0.0622 e. The summed E-state index contributed by atoms with van der Waals surface area (Å²) in [5.41, 5.74) is 3.57. The standard InChI is InChI=1S/C15H13/c1-13-7-9-15(10-8-13)12-11-14-5-3-2-4-6-14/h2-11H,1H3. The molecule has 0 bridgehead atoms. The molecule has 73 valence electrons. The average molecular weight is 193 g/mol. The summed E-state index contributed by atoms with van der Waals surface area (Å²) in [7, 11) is 0. The molecule has 0 aromatic heterocycles. The van der Waals surface area contributed by atoms with E-state index >= 15 is 0 Å². The zero-order valence-corrected chi connectivity index (χ0v) is 8.77. The predicted octanol–water partition coefficient (Wildman–Crippen LogP) is 3.86. The van der Waals surface area contributed by atoms with E-state index in [0.717, 1.165) is 5.56 Å². The van der Waals surface area contributed by atoms with Crippen LogP contribution >= 0.6 is 0 Å². The summed E-state index contributed by atoms with van der Waals surface area (Å²) in [6, 6.07) is 18.6. The number of rotatable bonds is 2. The smallest absolute Gasteiger partial charge is 0.00992 e. The van der Waals surface area contributed by atoms with E-state index in [2.05, 4.69) is 49.4 Å². The molecule has 0 unspecified atom stereocenters. The molecule has 15 heavy (non-hydrogen) atoms. The summed E-state index contributed by atoms with van der Waals surface area (Å²) in [6.07, 6.45) is 5.27. The van der Waals surface area contributed by atoms with Gasteiger partial charge in [-0.25, -0.2) is 0 Å². The van der Waals surface area contributed by atoms with Crippen molar-refractivity contribution in [3.8, 4) is 0 Å². The summed E-state index contributed by atoms with van der Waals surface area (Å²) in [5.74, 6) is 0. The van der Waals surface area contributed by atoms with Gasteiger partial charge in [-0.3, -0.25) is 0 Å². The Labute approximate surface area is 90.9 Å². The van der Waals surface area contributed by atoms with E-state index in [4.69, 9.17) is 0 Å². The lowest BCUT2D eigenvalue weighted by Crippen LogP contribution is -1.75. The first-order valence-electron chi connectivity index (χ1n) is 5.06. The minimum atomic E-state index is 1.12. The summed E-state index contributed by atoms with van der Waals surface area (Å²) < 4.78 is 0. The Balaban J connectivity index is 2.15. The number of hydrogen-bond acceptors (Lipinski definition) is 0. The molecule has 0 spiro atoms. The first-order chi connectivity index (χ1) is 7.34. The highest BCUT2D eigenvalue weighted by Crippen LogP contribution is 2.06. The van der Waals surface area contributed by atoms with Crippen molar-refractivity contribution in [2.75, 3.05) is 0 Å². The zero-order chi connectivity index (χ0) is 10.5. The zero-order valence-electron chi connectivity index (χ0n) is 8.77. The second kappa shape index (κ2) is 4.61. The molecule has 0 heteroatoms. The van der Waals surface area contributed by atoms with Gasteiger partial charge in [-0.2, -0.15) is 0 Å². The van der Waals surface area contributed by atoms with E-state index in [0.29, 0.717) is 0 Å². The first-order valence-corrected chi connectivity index (χ1v) is 5.06. The molecule has 0 heterocycles. The van der Waals surface area contributed by atoms with Crippen LogP contribution in [0.2, 0.25) is 0 Å². The fourth-order valence-corrected chi connectivity index (χ4v) is 1.37. The van der Waals surface area contributed by atoms with E-state index in [9.17, 15) is 0 Å². The molecule has 1 radical (unpaired) electrons. The van der Waals surface area contributed by atoms with Gasteiger partial charge in [0.2, 0.25) is 0 Å². The van der Waals surface area contributed by atoms with E-state index in [1.54, 1.807) is 0 Å². The van der Waals surface area contributed by atoms with Crippen LogP contribution in [-0.4, -0.2) is 0 Å². The predicted molar refractivity (Wildman–Crippen MR) is 64.4 cm³/mol.